The van der Waals surface area contributed by atoms with Gasteiger partial charge in [-0.05, 0) is 33.1 Å². The SMILES string of the molecule is CC1CN(C(C)(CN)CCCC(F)(F)F)CCCO1. The Hall–Kier alpha value is -0.330. The van der Waals surface area contributed by atoms with Crippen molar-refractivity contribution in [2.45, 2.75) is 57.3 Å². The number of halogens is 3. The second-order valence-electron chi connectivity index (χ2n) is 5.65. The fraction of sp³-hybridized carbons (Fsp3) is 1.00. The Morgan fingerprint density at radius 1 is 1.32 bits per heavy atom. The quantitative estimate of drug-likeness (QED) is 0.842. The molecule has 0 radical (unpaired) electrons. The van der Waals surface area contributed by atoms with Gasteiger partial charge in [-0.15, -0.1) is 0 Å². The first-order valence-electron chi connectivity index (χ1n) is 6.90. The van der Waals surface area contributed by atoms with Gasteiger partial charge >= 0.3 is 6.18 Å². The fourth-order valence-corrected chi connectivity index (χ4v) is 2.54. The molecule has 2 atom stereocenters. The third-order valence-electron chi connectivity index (χ3n) is 3.83. The van der Waals surface area contributed by atoms with E-state index in [9.17, 15) is 13.2 Å². The van der Waals surface area contributed by atoms with Crippen LogP contribution in [-0.4, -0.2) is 49.0 Å². The van der Waals surface area contributed by atoms with Crippen LogP contribution in [0.2, 0.25) is 0 Å². The van der Waals surface area contributed by atoms with Crippen LogP contribution in [0.3, 0.4) is 0 Å². The molecule has 1 aliphatic heterocycles. The van der Waals surface area contributed by atoms with Gasteiger partial charge in [-0.2, -0.15) is 13.2 Å². The zero-order chi connectivity index (χ0) is 14.5. The summed E-state index contributed by atoms with van der Waals surface area (Å²) < 4.78 is 42.3. The van der Waals surface area contributed by atoms with E-state index in [-0.39, 0.29) is 18.1 Å². The van der Waals surface area contributed by atoms with E-state index >= 15 is 0 Å². The van der Waals surface area contributed by atoms with Gasteiger partial charge in [-0.25, -0.2) is 0 Å². The Bertz CT molecular complexity index is 273. The van der Waals surface area contributed by atoms with Crippen LogP contribution in [0.5, 0.6) is 0 Å². The largest absolute Gasteiger partial charge is 0.389 e. The summed E-state index contributed by atoms with van der Waals surface area (Å²) in [6.07, 6.45) is -3.21. The number of nitrogens with zero attached hydrogens (tertiary/aromatic N) is 1. The number of alkyl halides is 3. The first-order valence-corrected chi connectivity index (χ1v) is 6.90. The molecule has 0 spiro atoms. The molecule has 0 saturated carbocycles. The molecular formula is C13H25F3N2O. The van der Waals surface area contributed by atoms with Gasteiger partial charge in [0.05, 0.1) is 6.10 Å². The average Bonchev–Trinajstić information content (AvgIpc) is 2.52. The fourth-order valence-electron chi connectivity index (χ4n) is 2.54. The lowest BCUT2D eigenvalue weighted by Crippen LogP contribution is -2.53. The summed E-state index contributed by atoms with van der Waals surface area (Å²) in [7, 11) is 0. The van der Waals surface area contributed by atoms with Crippen molar-refractivity contribution in [2.24, 2.45) is 5.73 Å². The molecular weight excluding hydrogens is 257 g/mol. The van der Waals surface area contributed by atoms with Crippen LogP contribution in [-0.2, 0) is 4.74 Å². The van der Waals surface area contributed by atoms with Crippen molar-refractivity contribution in [1.29, 1.82) is 0 Å². The van der Waals surface area contributed by atoms with Gasteiger partial charge < -0.3 is 10.5 Å². The summed E-state index contributed by atoms with van der Waals surface area (Å²) >= 11 is 0. The third kappa shape index (κ3) is 5.67. The molecule has 114 valence electrons. The highest BCUT2D eigenvalue weighted by atomic mass is 19.4. The Morgan fingerprint density at radius 2 is 2.00 bits per heavy atom. The van der Waals surface area contributed by atoms with E-state index < -0.39 is 12.6 Å². The van der Waals surface area contributed by atoms with E-state index in [1.807, 2.05) is 13.8 Å². The van der Waals surface area contributed by atoms with Crippen LogP contribution in [0.4, 0.5) is 13.2 Å². The maximum absolute atomic E-state index is 12.2. The zero-order valence-electron chi connectivity index (χ0n) is 11.8. The highest BCUT2D eigenvalue weighted by Crippen LogP contribution is 2.28. The smallest absolute Gasteiger partial charge is 0.377 e. The van der Waals surface area contributed by atoms with Crippen molar-refractivity contribution in [1.82, 2.24) is 4.90 Å². The standard InChI is InChI=1S/C13H25F3N2O/c1-11-9-18(7-4-8-19-11)12(2,10-17)5-3-6-13(14,15)16/h11H,3-10,17H2,1-2H3. The predicted molar refractivity (Wildman–Crippen MR) is 69.0 cm³/mol. The Labute approximate surface area is 113 Å². The number of hydrogen-bond donors (Lipinski definition) is 1. The second-order valence-corrected chi connectivity index (χ2v) is 5.65. The number of hydrogen-bond acceptors (Lipinski definition) is 3. The second kappa shape index (κ2) is 6.90. The van der Waals surface area contributed by atoms with E-state index in [1.165, 1.54) is 0 Å². The zero-order valence-corrected chi connectivity index (χ0v) is 11.8. The summed E-state index contributed by atoms with van der Waals surface area (Å²) in [6.45, 7) is 6.61. The molecule has 0 amide bonds. The number of ether oxygens (including phenoxy) is 1. The summed E-state index contributed by atoms with van der Waals surface area (Å²) in [5, 5.41) is 0. The molecule has 0 aromatic heterocycles. The summed E-state index contributed by atoms with van der Waals surface area (Å²) in [5.41, 5.74) is 5.45. The molecule has 0 bridgehead atoms. The van der Waals surface area contributed by atoms with Crippen molar-refractivity contribution < 1.29 is 17.9 Å². The van der Waals surface area contributed by atoms with Crippen LogP contribution in [0.1, 0.15) is 39.5 Å². The predicted octanol–water partition coefficient (Wildman–Crippen LogP) is 2.55. The minimum atomic E-state index is -4.08. The maximum atomic E-state index is 12.2. The van der Waals surface area contributed by atoms with Crippen molar-refractivity contribution >= 4 is 0 Å². The van der Waals surface area contributed by atoms with Crippen LogP contribution < -0.4 is 5.73 Å². The lowest BCUT2D eigenvalue weighted by atomic mass is 9.92. The maximum Gasteiger partial charge on any atom is 0.389 e. The van der Waals surface area contributed by atoms with Crippen molar-refractivity contribution in [3.63, 3.8) is 0 Å². The minimum Gasteiger partial charge on any atom is -0.377 e. The number of nitrogens with two attached hydrogens (primary N) is 1. The molecule has 0 aromatic rings. The van der Waals surface area contributed by atoms with Crippen LogP contribution in [0.15, 0.2) is 0 Å². The van der Waals surface area contributed by atoms with Gasteiger partial charge in [-0.3, -0.25) is 4.90 Å². The minimum absolute atomic E-state index is 0.107. The van der Waals surface area contributed by atoms with Crippen molar-refractivity contribution in [2.75, 3.05) is 26.2 Å². The Morgan fingerprint density at radius 3 is 2.58 bits per heavy atom. The monoisotopic (exact) mass is 282 g/mol. The molecule has 1 rings (SSSR count). The lowest BCUT2D eigenvalue weighted by Gasteiger charge is -2.41. The molecule has 3 nitrogen and oxygen atoms in total. The molecule has 6 heteroatoms. The lowest BCUT2D eigenvalue weighted by molar-refractivity contribution is -0.137. The van der Waals surface area contributed by atoms with E-state index in [2.05, 4.69) is 4.90 Å². The highest BCUT2D eigenvalue weighted by Gasteiger charge is 2.34. The average molecular weight is 282 g/mol. The topological polar surface area (TPSA) is 38.5 Å². The molecule has 0 aliphatic carbocycles. The van der Waals surface area contributed by atoms with Crippen LogP contribution in [0, 0.1) is 0 Å². The summed E-state index contributed by atoms with van der Waals surface area (Å²) in [6, 6.07) is 0. The van der Waals surface area contributed by atoms with Gasteiger partial charge in [0.1, 0.15) is 0 Å². The molecule has 0 aromatic carbocycles. The normalized spacial score (nSPS) is 25.9. The Balaban J connectivity index is 2.56. The Kier molecular flexibility index (Phi) is 6.08. The molecule has 2 N–H and O–H groups in total. The summed E-state index contributed by atoms with van der Waals surface area (Å²) in [5.74, 6) is 0. The van der Waals surface area contributed by atoms with Gasteiger partial charge in [-0.1, -0.05) is 0 Å². The van der Waals surface area contributed by atoms with E-state index in [0.717, 1.165) is 19.5 Å². The van der Waals surface area contributed by atoms with Gasteiger partial charge in [0, 0.05) is 38.2 Å². The van der Waals surface area contributed by atoms with E-state index in [1.54, 1.807) is 0 Å². The van der Waals surface area contributed by atoms with Gasteiger partial charge in [0.25, 0.3) is 0 Å². The molecule has 2 unspecified atom stereocenters. The van der Waals surface area contributed by atoms with Crippen molar-refractivity contribution in [3.05, 3.63) is 0 Å². The first-order chi connectivity index (χ1) is 8.77. The van der Waals surface area contributed by atoms with E-state index in [4.69, 9.17) is 10.5 Å². The van der Waals surface area contributed by atoms with Gasteiger partial charge in [0.15, 0.2) is 0 Å². The van der Waals surface area contributed by atoms with E-state index in [0.29, 0.717) is 19.6 Å². The van der Waals surface area contributed by atoms with Crippen LogP contribution >= 0.6 is 0 Å². The molecule has 1 fully saturated rings. The molecule has 1 heterocycles. The van der Waals surface area contributed by atoms with Gasteiger partial charge in [0.2, 0.25) is 0 Å². The van der Waals surface area contributed by atoms with Crippen LogP contribution in [0.25, 0.3) is 0 Å². The summed E-state index contributed by atoms with van der Waals surface area (Å²) in [4.78, 5) is 2.20. The molecule has 1 aliphatic rings. The molecule has 19 heavy (non-hydrogen) atoms. The van der Waals surface area contributed by atoms with Crippen molar-refractivity contribution in [3.8, 4) is 0 Å². The first kappa shape index (κ1) is 16.7. The number of rotatable bonds is 5. The third-order valence-corrected chi connectivity index (χ3v) is 3.83. The highest BCUT2D eigenvalue weighted by molar-refractivity contribution is 4.89. The molecule has 1 saturated heterocycles.